The van der Waals surface area contributed by atoms with Crippen LogP contribution in [0.5, 0.6) is 5.75 Å². The van der Waals surface area contributed by atoms with E-state index in [9.17, 15) is 14.9 Å². The maximum Gasteiger partial charge on any atom is 0.333 e. The molecule has 0 amide bonds. The summed E-state index contributed by atoms with van der Waals surface area (Å²) in [6.45, 7) is 6.29. The predicted molar refractivity (Wildman–Crippen MR) is 134 cm³/mol. The van der Waals surface area contributed by atoms with Gasteiger partial charge in [0.05, 0.1) is 18.1 Å². The van der Waals surface area contributed by atoms with E-state index in [1.54, 1.807) is 19.1 Å². The highest BCUT2D eigenvalue weighted by Gasteiger charge is 2.06. The summed E-state index contributed by atoms with van der Waals surface area (Å²) in [5.74, 6) is 0.508. The molecule has 176 valence electrons. The molecule has 0 aliphatic heterocycles. The Morgan fingerprint density at radius 1 is 0.765 bits per heavy atom. The van der Waals surface area contributed by atoms with Crippen molar-refractivity contribution in [2.75, 3.05) is 13.2 Å². The smallest absolute Gasteiger partial charge is 0.333 e. The topological polar surface area (TPSA) is 78.7 Å². The van der Waals surface area contributed by atoms with Gasteiger partial charge in [0.25, 0.3) is 5.69 Å². The lowest BCUT2D eigenvalue weighted by Gasteiger charge is -2.09. The van der Waals surface area contributed by atoms with Gasteiger partial charge in [0, 0.05) is 17.7 Å². The number of hydrogen-bond acceptors (Lipinski definition) is 5. The lowest BCUT2D eigenvalue weighted by atomic mass is 10.0. The minimum Gasteiger partial charge on any atom is -0.494 e. The van der Waals surface area contributed by atoms with Crippen molar-refractivity contribution < 1.29 is 19.2 Å². The van der Waals surface area contributed by atoms with Gasteiger partial charge in [0.1, 0.15) is 5.75 Å². The third kappa shape index (κ3) is 7.30. The van der Waals surface area contributed by atoms with Gasteiger partial charge >= 0.3 is 5.97 Å². The summed E-state index contributed by atoms with van der Waals surface area (Å²) in [4.78, 5) is 21.7. The average Bonchev–Trinajstić information content (AvgIpc) is 2.86. The number of nitrogens with zero attached hydrogens (tertiary/aromatic N) is 1. The van der Waals surface area contributed by atoms with Gasteiger partial charge in [-0.2, -0.15) is 0 Å². The first-order valence-electron chi connectivity index (χ1n) is 11.3. The van der Waals surface area contributed by atoms with E-state index in [4.69, 9.17) is 9.47 Å². The molecule has 0 spiro atoms. The maximum atomic E-state index is 11.3. The van der Waals surface area contributed by atoms with Crippen LogP contribution in [0, 0.1) is 10.1 Å². The van der Waals surface area contributed by atoms with Gasteiger partial charge < -0.3 is 9.47 Å². The van der Waals surface area contributed by atoms with Crippen molar-refractivity contribution in [3.8, 4) is 28.0 Å². The summed E-state index contributed by atoms with van der Waals surface area (Å²) in [7, 11) is 0. The Morgan fingerprint density at radius 3 is 1.68 bits per heavy atom. The number of hydrogen-bond donors (Lipinski definition) is 0. The van der Waals surface area contributed by atoms with E-state index < -0.39 is 4.92 Å². The highest BCUT2D eigenvalue weighted by atomic mass is 16.6. The molecular weight excluding hydrogens is 430 g/mol. The second-order valence-corrected chi connectivity index (χ2v) is 8.08. The molecule has 0 heterocycles. The average molecular weight is 460 g/mol. The molecule has 3 aromatic rings. The largest absolute Gasteiger partial charge is 0.494 e. The van der Waals surface area contributed by atoms with Crippen molar-refractivity contribution in [2.45, 2.75) is 32.6 Å². The molecule has 0 saturated heterocycles. The normalized spacial score (nSPS) is 10.5. The minimum atomic E-state index is -0.395. The first kappa shape index (κ1) is 24.7. The third-order valence-electron chi connectivity index (χ3n) is 5.37. The predicted octanol–water partition coefficient (Wildman–Crippen LogP) is 6.99. The van der Waals surface area contributed by atoms with Crippen LogP contribution in [0.2, 0.25) is 0 Å². The third-order valence-corrected chi connectivity index (χ3v) is 5.37. The van der Waals surface area contributed by atoms with Crippen LogP contribution in [0.15, 0.2) is 84.9 Å². The molecule has 3 rings (SSSR count). The van der Waals surface area contributed by atoms with Crippen LogP contribution in [0.3, 0.4) is 0 Å². The van der Waals surface area contributed by atoms with Gasteiger partial charge in [0.15, 0.2) is 0 Å². The summed E-state index contributed by atoms with van der Waals surface area (Å²) >= 11 is 0. The van der Waals surface area contributed by atoms with Crippen LogP contribution in [0.4, 0.5) is 5.69 Å². The Bertz CT molecular complexity index is 1100. The lowest BCUT2D eigenvalue weighted by molar-refractivity contribution is -0.384. The molecule has 3 aromatic carbocycles. The van der Waals surface area contributed by atoms with Crippen LogP contribution in [-0.2, 0) is 9.53 Å². The number of non-ortho nitro benzene ring substituents is 1. The molecule has 34 heavy (non-hydrogen) atoms. The highest BCUT2D eigenvalue weighted by molar-refractivity contribution is 5.86. The molecule has 0 aromatic heterocycles. The van der Waals surface area contributed by atoms with E-state index in [1.165, 1.54) is 12.1 Å². The molecule has 0 unspecified atom stereocenters. The van der Waals surface area contributed by atoms with Gasteiger partial charge in [0.2, 0.25) is 0 Å². The van der Waals surface area contributed by atoms with Crippen molar-refractivity contribution in [3.05, 3.63) is 95.1 Å². The first-order chi connectivity index (χ1) is 16.4. The Labute approximate surface area is 200 Å². The van der Waals surface area contributed by atoms with Gasteiger partial charge in [-0.1, -0.05) is 43.0 Å². The van der Waals surface area contributed by atoms with E-state index in [1.807, 2.05) is 48.5 Å². The van der Waals surface area contributed by atoms with Crippen LogP contribution in [-0.4, -0.2) is 24.1 Å². The van der Waals surface area contributed by atoms with Crippen LogP contribution in [0.25, 0.3) is 22.3 Å². The van der Waals surface area contributed by atoms with Crippen molar-refractivity contribution in [3.63, 3.8) is 0 Å². The number of ether oxygens (including phenoxy) is 2. The van der Waals surface area contributed by atoms with Gasteiger partial charge in [-0.15, -0.1) is 0 Å². The number of esters is 1. The molecule has 0 atom stereocenters. The molecule has 0 aliphatic carbocycles. The molecule has 0 bridgehead atoms. The van der Waals surface area contributed by atoms with E-state index in [0.29, 0.717) is 18.8 Å². The first-order valence-corrected chi connectivity index (χ1v) is 11.3. The molecular formula is C28H29NO5. The fourth-order valence-electron chi connectivity index (χ4n) is 3.41. The number of nitro groups is 1. The van der Waals surface area contributed by atoms with Crippen LogP contribution < -0.4 is 4.74 Å². The summed E-state index contributed by atoms with van der Waals surface area (Å²) in [5, 5.41) is 10.8. The highest BCUT2D eigenvalue weighted by Crippen LogP contribution is 2.27. The van der Waals surface area contributed by atoms with Gasteiger partial charge in [-0.25, -0.2) is 4.79 Å². The molecule has 0 radical (unpaired) electrons. The number of nitro benzene ring substituents is 1. The summed E-state index contributed by atoms with van der Waals surface area (Å²) in [5.41, 5.74) is 4.64. The van der Waals surface area contributed by atoms with E-state index >= 15 is 0 Å². The molecule has 6 nitrogen and oxygen atoms in total. The van der Waals surface area contributed by atoms with Crippen molar-refractivity contribution in [1.29, 1.82) is 0 Å². The second-order valence-electron chi connectivity index (χ2n) is 8.08. The van der Waals surface area contributed by atoms with E-state index in [-0.39, 0.29) is 11.7 Å². The number of carbonyl (C=O) groups is 1. The Kier molecular flexibility index (Phi) is 8.97. The van der Waals surface area contributed by atoms with Gasteiger partial charge in [-0.3, -0.25) is 10.1 Å². The van der Waals surface area contributed by atoms with Crippen molar-refractivity contribution >= 4 is 11.7 Å². The lowest BCUT2D eigenvalue weighted by Crippen LogP contribution is -2.06. The number of carbonyl (C=O) groups excluding carboxylic acids is 1. The van der Waals surface area contributed by atoms with Crippen LogP contribution >= 0.6 is 0 Å². The van der Waals surface area contributed by atoms with E-state index in [2.05, 4.69) is 6.58 Å². The van der Waals surface area contributed by atoms with Crippen LogP contribution in [0.1, 0.15) is 32.6 Å². The zero-order valence-corrected chi connectivity index (χ0v) is 19.4. The zero-order chi connectivity index (χ0) is 24.3. The Balaban J connectivity index is 1.41. The number of benzene rings is 3. The molecule has 0 aliphatic rings. The SMILES string of the molecule is C=C(C)C(=O)OCCCCCCOc1ccc(-c2ccc(-c3ccc([N+](=O)[O-])cc3)cc2)cc1. The van der Waals surface area contributed by atoms with Crippen molar-refractivity contribution in [2.24, 2.45) is 0 Å². The van der Waals surface area contributed by atoms with Gasteiger partial charge in [-0.05, 0) is 79.1 Å². The fraction of sp³-hybridized carbons (Fsp3) is 0.250. The monoisotopic (exact) mass is 459 g/mol. The second kappa shape index (κ2) is 12.3. The summed E-state index contributed by atoms with van der Waals surface area (Å²) in [6.07, 6.45) is 3.79. The molecule has 6 heteroatoms. The summed E-state index contributed by atoms with van der Waals surface area (Å²) in [6, 6.07) is 22.7. The Morgan fingerprint density at radius 2 is 1.21 bits per heavy atom. The standard InChI is InChI=1S/C28H29NO5/c1-21(2)28(30)34-20-6-4-3-5-19-33-27-17-13-25(14-18-27)23-9-7-22(8-10-23)24-11-15-26(16-12-24)29(31)32/h7-18H,1,3-6,19-20H2,2H3. The van der Waals surface area contributed by atoms with Crippen molar-refractivity contribution in [1.82, 2.24) is 0 Å². The fourth-order valence-corrected chi connectivity index (χ4v) is 3.41. The number of unbranched alkanes of at least 4 members (excludes halogenated alkanes) is 3. The quantitative estimate of drug-likeness (QED) is 0.0959. The zero-order valence-electron chi connectivity index (χ0n) is 19.4. The molecule has 0 N–H and O–H groups in total. The Hall–Kier alpha value is -3.93. The summed E-state index contributed by atoms with van der Waals surface area (Å²) < 4.78 is 10.9. The maximum absolute atomic E-state index is 11.3. The molecule has 0 saturated carbocycles. The van der Waals surface area contributed by atoms with E-state index in [0.717, 1.165) is 53.7 Å². The minimum absolute atomic E-state index is 0.0873. The molecule has 0 fully saturated rings. The number of rotatable bonds is 12.